The molecule has 7 heteroatoms. The molecule has 108 valence electrons. The average molecular weight is 298 g/mol. The number of hydrogen-bond donors (Lipinski definition) is 2. The van der Waals surface area contributed by atoms with Crippen molar-refractivity contribution in [2.45, 2.75) is 25.8 Å². The number of nitrogens with one attached hydrogen (secondary N) is 1. The molecule has 2 rings (SSSR count). The summed E-state index contributed by atoms with van der Waals surface area (Å²) in [5.74, 6) is -0.485. The molecular weight excluding hydrogens is 282 g/mol. The summed E-state index contributed by atoms with van der Waals surface area (Å²) in [6.07, 6.45) is 2.98. The molecule has 1 aliphatic heterocycles. The SMILES string of the molecule is CC(=O)NC1CCN(c2cc(C(=O)O)c(Cl)cn2)CC1. The first kappa shape index (κ1) is 14.6. The zero-order chi connectivity index (χ0) is 14.7. The number of piperidine rings is 1. The Morgan fingerprint density at radius 3 is 2.65 bits per heavy atom. The van der Waals surface area contributed by atoms with Gasteiger partial charge in [-0.3, -0.25) is 4.79 Å². The van der Waals surface area contributed by atoms with E-state index in [1.165, 1.54) is 19.2 Å². The van der Waals surface area contributed by atoms with Gasteiger partial charge in [0.2, 0.25) is 5.91 Å². The standard InChI is InChI=1S/C13H16ClN3O3/c1-8(18)16-9-2-4-17(5-3-9)12-6-10(13(19)20)11(14)7-15-12/h6-7,9H,2-5H2,1H3,(H,16,18)(H,19,20). The molecule has 20 heavy (non-hydrogen) atoms. The fourth-order valence-electron chi connectivity index (χ4n) is 2.30. The van der Waals surface area contributed by atoms with Crippen LogP contribution in [0.2, 0.25) is 5.02 Å². The first-order valence-corrected chi connectivity index (χ1v) is 6.76. The maximum atomic E-state index is 11.1. The number of rotatable bonds is 3. The highest BCUT2D eigenvalue weighted by Gasteiger charge is 2.22. The van der Waals surface area contributed by atoms with Gasteiger partial charge in [-0.2, -0.15) is 0 Å². The molecule has 2 N–H and O–H groups in total. The third kappa shape index (κ3) is 3.39. The number of carboxylic acids is 1. The van der Waals surface area contributed by atoms with Crippen molar-refractivity contribution in [3.8, 4) is 0 Å². The van der Waals surface area contributed by atoms with Crippen molar-refractivity contribution in [1.82, 2.24) is 10.3 Å². The van der Waals surface area contributed by atoms with Crippen LogP contribution in [-0.4, -0.2) is 41.1 Å². The first-order valence-electron chi connectivity index (χ1n) is 6.38. The summed E-state index contributed by atoms with van der Waals surface area (Å²) in [5.41, 5.74) is 0.0562. The number of nitrogens with zero attached hydrogens (tertiary/aromatic N) is 2. The Kier molecular flexibility index (Phi) is 4.44. The third-order valence-corrected chi connectivity index (χ3v) is 3.60. The molecule has 0 spiro atoms. The van der Waals surface area contributed by atoms with Crippen molar-refractivity contribution in [3.05, 3.63) is 22.8 Å². The van der Waals surface area contributed by atoms with Crippen LogP contribution in [0.3, 0.4) is 0 Å². The van der Waals surface area contributed by atoms with E-state index in [9.17, 15) is 9.59 Å². The van der Waals surface area contributed by atoms with Crippen LogP contribution in [0.1, 0.15) is 30.1 Å². The minimum absolute atomic E-state index is 0.0266. The van der Waals surface area contributed by atoms with Crippen LogP contribution in [-0.2, 0) is 4.79 Å². The Balaban J connectivity index is 2.05. The van der Waals surface area contributed by atoms with Crippen molar-refractivity contribution in [2.24, 2.45) is 0 Å². The number of carbonyl (C=O) groups excluding carboxylic acids is 1. The van der Waals surface area contributed by atoms with E-state index < -0.39 is 5.97 Å². The van der Waals surface area contributed by atoms with Crippen molar-refractivity contribution in [2.75, 3.05) is 18.0 Å². The third-order valence-electron chi connectivity index (χ3n) is 3.30. The van der Waals surface area contributed by atoms with Crippen LogP contribution in [0.25, 0.3) is 0 Å². The topological polar surface area (TPSA) is 82.5 Å². The number of aromatic carboxylic acids is 1. The Morgan fingerprint density at radius 2 is 2.10 bits per heavy atom. The Morgan fingerprint density at radius 1 is 1.45 bits per heavy atom. The monoisotopic (exact) mass is 297 g/mol. The lowest BCUT2D eigenvalue weighted by atomic mass is 10.0. The van der Waals surface area contributed by atoms with Crippen LogP contribution in [0, 0.1) is 0 Å². The van der Waals surface area contributed by atoms with Gasteiger partial charge >= 0.3 is 5.97 Å². The second kappa shape index (κ2) is 6.09. The predicted octanol–water partition coefficient (Wildman–Crippen LogP) is 1.54. The van der Waals surface area contributed by atoms with Gasteiger partial charge in [0.25, 0.3) is 0 Å². The van der Waals surface area contributed by atoms with Gasteiger partial charge in [0, 0.05) is 32.3 Å². The zero-order valence-electron chi connectivity index (χ0n) is 11.1. The summed E-state index contributed by atoms with van der Waals surface area (Å²) in [6.45, 7) is 2.95. The molecule has 1 saturated heterocycles. The smallest absolute Gasteiger partial charge is 0.337 e. The van der Waals surface area contributed by atoms with E-state index in [4.69, 9.17) is 16.7 Å². The van der Waals surface area contributed by atoms with Gasteiger partial charge in [0.05, 0.1) is 10.6 Å². The van der Waals surface area contributed by atoms with Crippen LogP contribution >= 0.6 is 11.6 Å². The number of halogens is 1. The molecule has 0 bridgehead atoms. The second-order valence-electron chi connectivity index (χ2n) is 4.79. The van der Waals surface area contributed by atoms with Crippen molar-refractivity contribution in [1.29, 1.82) is 0 Å². The Labute approximate surface area is 121 Å². The fraction of sp³-hybridized carbons (Fsp3) is 0.462. The van der Waals surface area contributed by atoms with E-state index in [-0.39, 0.29) is 22.5 Å². The lowest BCUT2D eigenvalue weighted by Crippen LogP contribution is -2.44. The molecule has 0 saturated carbocycles. The van der Waals surface area contributed by atoms with Crippen LogP contribution in [0.4, 0.5) is 5.82 Å². The van der Waals surface area contributed by atoms with Gasteiger partial charge in [-0.1, -0.05) is 11.6 Å². The molecular formula is C13H16ClN3O3. The molecule has 1 amide bonds. The van der Waals surface area contributed by atoms with Gasteiger partial charge in [0.15, 0.2) is 0 Å². The molecule has 1 aliphatic rings. The lowest BCUT2D eigenvalue weighted by Gasteiger charge is -2.33. The summed E-state index contributed by atoms with van der Waals surface area (Å²) in [5, 5.41) is 12.1. The summed E-state index contributed by atoms with van der Waals surface area (Å²) in [7, 11) is 0. The van der Waals surface area contributed by atoms with Crippen molar-refractivity contribution >= 4 is 29.3 Å². The summed E-state index contributed by atoms with van der Waals surface area (Å²) >= 11 is 5.80. The summed E-state index contributed by atoms with van der Waals surface area (Å²) < 4.78 is 0. The van der Waals surface area contributed by atoms with Gasteiger partial charge in [-0.15, -0.1) is 0 Å². The molecule has 1 fully saturated rings. The molecule has 0 radical (unpaired) electrons. The minimum atomic E-state index is -1.06. The maximum Gasteiger partial charge on any atom is 0.337 e. The molecule has 0 atom stereocenters. The average Bonchev–Trinajstić information content (AvgIpc) is 2.39. The number of carbonyl (C=O) groups is 2. The molecule has 0 unspecified atom stereocenters. The lowest BCUT2D eigenvalue weighted by molar-refractivity contribution is -0.119. The number of aromatic nitrogens is 1. The highest BCUT2D eigenvalue weighted by Crippen LogP contribution is 2.23. The minimum Gasteiger partial charge on any atom is -0.478 e. The second-order valence-corrected chi connectivity index (χ2v) is 5.20. The molecule has 0 aliphatic carbocycles. The van der Waals surface area contributed by atoms with E-state index in [1.807, 2.05) is 4.90 Å². The highest BCUT2D eigenvalue weighted by molar-refractivity contribution is 6.33. The Hall–Kier alpha value is -1.82. The van der Waals surface area contributed by atoms with Crippen LogP contribution < -0.4 is 10.2 Å². The molecule has 0 aromatic carbocycles. The molecule has 2 heterocycles. The van der Waals surface area contributed by atoms with E-state index in [2.05, 4.69) is 10.3 Å². The van der Waals surface area contributed by atoms with E-state index in [1.54, 1.807) is 0 Å². The number of carboxylic acid groups (broad SMARTS) is 1. The quantitative estimate of drug-likeness (QED) is 0.884. The van der Waals surface area contributed by atoms with Gasteiger partial charge in [-0.05, 0) is 18.9 Å². The van der Waals surface area contributed by atoms with Crippen LogP contribution in [0.5, 0.6) is 0 Å². The summed E-state index contributed by atoms with van der Waals surface area (Å²) in [6, 6.07) is 1.67. The first-order chi connectivity index (χ1) is 9.47. The molecule has 1 aromatic rings. The number of pyridine rings is 1. The normalized spacial score (nSPS) is 16.0. The van der Waals surface area contributed by atoms with Gasteiger partial charge < -0.3 is 15.3 Å². The van der Waals surface area contributed by atoms with E-state index in [0.29, 0.717) is 5.82 Å². The molecule has 1 aromatic heterocycles. The fourth-order valence-corrected chi connectivity index (χ4v) is 2.49. The number of hydrogen-bond acceptors (Lipinski definition) is 4. The van der Waals surface area contributed by atoms with Gasteiger partial charge in [0.1, 0.15) is 5.82 Å². The van der Waals surface area contributed by atoms with Crippen LogP contribution in [0.15, 0.2) is 12.3 Å². The molecule has 6 nitrogen and oxygen atoms in total. The van der Waals surface area contributed by atoms with E-state index >= 15 is 0 Å². The zero-order valence-corrected chi connectivity index (χ0v) is 11.9. The van der Waals surface area contributed by atoms with Crippen molar-refractivity contribution < 1.29 is 14.7 Å². The predicted molar refractivity (Wildman–Crippen MR) is 75.3 cm³/mol. The number of anilines is 1. The Bertz CT molecular complexity index is 528. The van der Waals surface area contributed by atoms with E-state index in [0.717, 1.165) is 25.9 Å². The number of amides is 1. The van der Waals surface area contributed by atoms with Gasteiger partial charge in [-0.25, -0.2) is 9.78 Å². The highest BCUT2D eigenvalue weighted by atomic mass is 35.5. The largest absolute Gasteiger partial charge is 0.478 e. The van der Waals surface area contributed by atoms with Crippen molar-refractivity contribution in [3.63, 3.8) is 0 Å². The summed E-state index contributed by atoms with van der Waals surface area (Å²) in [4.78, 5) is 28.2. The maximum absolute atomic E-state index is 11.1.